The Morgan fingerprint density at radius 2 is 1.39 bits per heavy atom. The lowest BCUT2D eigenvalue weighted by atomic mass is 10.0. The summed E-state index contributed by atoms with van der Waals surface area (Å²) in [6.07, 6.45) is 1.39. The zero-order chi connectivity index (χ0) is 29.8. The van der Waals surface area contributed by atoms with Crippen LogP contribution in [-0.4, -0.2) is 74.0 Å². The molecule has 0 unspecified atom stereocenters. The molecule has 0 heterocycles. The largest absolute Gasteiger partial charge is 0.507 e. The predicted molar refractivity (Wildman–Crippen MR) is 152 cm³/mol. The van der Waals surface area contributed by atoms with Crippen molar-refractivity contribution < 1.29 is 48.3 Å². The van der Waals surface area contributed by atoms with Crippen molar-refractivity contribution in [1.29, 1.82) is 0 Å². The van der Waals surface area contributed by atoms with Gasteiger partial charge in [-0.15, -0.1) is 0 Å². The molecular weight excluding hydrogens is 532 g/mol. The summed E-state index contributed by atoms with van der Waals surface area (Å²) >= 11 is 0. The number of aromatic hydroxyl groups is 1. The third-order valence-corrected chi connectivity index (χ3v) is 6.13. The van der Waals surface area contributed by atoms with Gasteiger partial charge in [0.25, 0.3) is 0 Å². The monoisotopic (exact) mass is 568 g/mol. The van der Waals surface area contributed by atoms with Crippen molar-refractivity contribution in [1.82, 2.24) is 0 Å². The van der Waals surface area contributed by atoms with Crippen molar-refractivity contribution in [2.24, 2.45) is 0 Å². The third kappa shape index (κ3) is 8.92. The number of carbonyl (C=O) groups is 3. The number of phenolic OH excluding ortho intramolecular Hbond substituents is 1. The smallest absolute Gasteiger partial charge is 0.341 e. The molecule has 0 atom stereocenters. The van der Waals surface area contributed by atoms with Crippen molar-refractivity contribution in [3.63, 3.8) is 0 Å². The molecule has 0 aliphatic rings. The number of rotatable bonds is 18. The van der Waals surface area contributed by atoms with Gasteiger partial charge in [0.05, 0.1) is 37.6 Å². The molecule has 3 rings (SSSR count). The summed E-state index contributed by atoms with van der Waals surface area (Å²) in [6.45, 7) is 6.16. The fourth-order valence-corrected chi connectivity index (χ4v) is 4.21. The van der Waals surface area contributed by atoms with E-state index in [4.69, 9.17) is 28.8 Å². The van der Waals surface area contributed by atoms with Gasteiger partial charge in [-0.2, -0.15) is 0 Å². The van der Waals surface area contributed by atoms with E-state index in [2.05, 4.69) is 0 Å². The molecule has 10 heteroatoms. The normalized spacial score (nSPS) is 10.9. The number of aliphatic carboxylic acids is 1. The van der Waals surface area contributed by atoms with Crippen molar-refractivity contribution in [3.05, 3.63) is 59.2 Å². The van der Waals surface area contributed by atoms with Gasteiger partial charge in [0.1, 0.15) is 36.2 Å². The summed E-state index contributed by atoms with van der Waals surface area (Å²) in [7, 11) is 0. The highest BCUT2D eigenvalue weighted by atomic mass is 16.6. The summed E-state index contributed by atoms with van der Waals surface area (Å²) in [4.78, 5) is 34.6. The lowest BCUT2D eigenvalue weighted by Gasteiger charge is -2.15. The molecule has 0 amide bonds. The van der Waals surface area contributed by atoms with E-state index in [1.807, 2.05) is 6.92 Å². The Bertz CT molecular complexity index is 1360. The van der Waals surface area contributed by atoms with Gasteiger partial charge in [0, 0.05) is 10.9 Å². The number of fused-ring (bicyclic) bond motifs is 1. The molecule has 0 spiro atoms. The van der Waals surface area contributed by atoms with Crippen LogP contribution >= 0.6 is 0 Å². The van der Waals surface area contributed by atoms with Gasteiger partial charge >= 0.3 is 5.97 Å². The van der Waals surface area contributed by atoms with Gasteiger partial charge < -0.3 is 33.9 Å². The molecule has 0 fully saturated rings. The van der Waals surface area contributed by atoms with Crippen LogP contribution in [0.5, 0.6) is 23.0 Å². The van der Waals surface area contributed by atoms with E-state index in [1.165, 1.54) is 13.8 Å². The Balaban J connectivity index is 1.42. The summed E-state index contributed by atoms with van der Waals surface area (Å²) in [5.41, 5.74) is 1.34. The quantitative estimate of drug-likeness (QED) is 0.162. The van der Waals surface area contributed by atoms with E-state index in [9.17, 15) is 19.5 Å². The highest BCUT2D eigenvalue weighted by Gasteiger charge is 2.16. The number of carbonyl (C=O) groups excluding carboxylic acids is 2. The molecule has 3 aromatic carbocycles. The second-order valence-corrected chi connectivity index (χ2v) is 9.23. The van der Waals surface area contributed by atoms with E-state index >= 15 is 0 Å². The van der Waals surface area contributed by atoms with Crippen LogP contribution in [0.2, 0.25) is 0 Å². The van der Waals surface area contributed by atoms with Crippen LogP contribution in [0, 0.1) is 0 Å². The molecule has 0 saturated carbocycles. The molecular formula is C31H36O10. The number of ether oxygens (including phenoxy) is 5. The van der Waals surface area contributed by atoms with Crippen LogP contribution in [0.3, 0.4) is 0 Å². The number of hydrogen-bond donors (Lipinski definition) is 2. The Labute approximate surface area is 238 Å². The fourth-order valence-electron chi connectivity index (χ4n) is 4.21. The SMILES string of the molecule is CCCc1c(OCCOCCOCCOc2c(C(C)=O)ccc3cc(OCC(=O)O)ccc23)ccc(C(C)=O)c1O. The van der Waals surface area contributed by atoms with Crippen molar-refractivity contribution in [3.8, 4) is 23.0 Å². The second-order valence-electron chi connectivity index (χ2n) is 9.23. The van der Waals surface area contributed by atoms with E-state index in [0.717, 1.165) is 11.8 Å². The average molecular weight is 569 g/mol. The molecule has 0 radical (unpaired) electrons. The van der Waals surface area contributed by atoms with Gasteiger partial charge in [-0.05, 0) is 62.1 Å². The topological polar surface area (TPSA) is 138 Å². The Morgan fingerprint density at radius 3 is 2.02 bits per heavy atom. The first-order valence-electron chi connectivity index (χ1n) is 13.4. The predicted octanol–water partition coefficient (Wildman–Crippen LogP) is 4.86. The number of ketones is 2. The molecule has 0 aliphatic carbocycles. The summed E-state index contributed by atoms with van der Waals surface area (Å²) < 4.78 is 28.1. The lowest BCUT2D eigenvalue weighted by Crippen LogP contribution is -2.14. The molecule has 10 nitrogen and oxygen atoms in total. The maximum atomic E-state index is 12.2. The maximum absolute atomic E-state index is 12.2. The van der Waals surface area contributed by atoms with E-state index in [0.29, 0.717) is 60.0 Å². The zero-order valence-electron chi connectivity index (χ0n) is 23.6. The zero-order valence-corrected chi connectivity index (χ0v) is 23.6. The van der Waals surface area contributed by atoms with Gasteiger partial charge in [0.2, 0.25) is 0 Å². The Morgan fingerprint density at radius 1 is 0.756 bits per heavy atom. The molecule has 0 saturated heterocycles. The Hall–Kier alpha value is -4.15. The molecule has 41 heavy (non-hydrogen) atoms. The van der Waals surface area contributed by atoms with E-state index in [-0.39, 0.29) is 42.7 Å². The first-order valence-corrected chi connectivity index (χ1v) is 13.4. The van der Waals surface area contributed by atoms with E-state index in [1.54, 1.807) is 42.5 Å². The minimum Gasteiger partial charge on any atom is -0.507 e. The first-order chi connectivity index (χ1) is 19.7. The molecule has 0 bridgehead atoms. The number of hydrogen-bond acceptors (Lipinski definition) is 9. The average Bonchev–Trinajstić information content (AvgIpc) is 2.93. The molecule has 3 aromatic rings. The Kier molecular flexibility index (Phi) is 11.9. The summed E-state index contributed by atoms with van der Waals surface area (Å²) in [5.74, 6) is -0.0661. The molecule has 0 aliphatic heterocycles. The van der Waals surface area contributed by atoms with Crippen LogP contribution in [0.15, 0.2) is 42.5 Å². The lowest BCUT2D eigenvalue weighted by molar-refractivity contribution is -0.139. The second kappa shape index (κ2) is 15.6. The van der Waals surface area contributed by atoms with Gasteiger partial charge in [-0.25, -0.2) is 4.79 Å². The van der Waals surface area contributed by atoms with Crippen molar-refractivity contribution >= 4 is 28.3 Å². The van der Waals surface area contributed by atoms with Gasteiger partial charge in [0.15, 0.2) is 18.2 Å². The van der Waals surface area contributed by atoms with Crippen LogP contribution in [0.1, 0.15) is 53.5 Å². The van der Waals surface area contributed by atoms with Crippen LogP contribution in [-0.2, 0) is 20.7 Å². The first kappa shape index (κ1) is 31.4. The highest BCUT2D eigenvalue weighted by molar-refractivity contribution is 6.04. The molecule has 0 aromatic heterocycles. The van der Waals surface area contributed by atoms with Crippen LogP contribution < -0.4 is 14.2 Å². The summed E-state index contributed by atoms with van der Waals surface area (Å²) in [5, 5.41) is 20.7. The van der Waals surface area contributed by atoms with Crippen molar-refractivity contribution in [2.75, 3.05) is 46.2 Å². The van der Waals surface area contributed by atoms with Crippen molar-refractivity contribution in [2.45, 2.75) is 33.6 Å². The third-order valence-electron chi connectivity index (χ3n) is 6.13. The minimum atomic E-state index is -1.07. The van der Waals surface area contributed by atoms with Gasteiger partial charge in [-0.3, -0.25) is 9.59 Å². The fraction of sp³-hybridized carbons (Fsp3) is 0.387. The molecule has 2 N–H and O–H groups in total. The standard InChI is InChI=1S/C31H36O10/c1-4-5-27-28(11-10-24(20(2)32)30(27)36)39-16-14-37-12-13-38-15-17-40-31-25(21(3)33)8-6-22-18-23(7-9-26(22)31)41-19-29(34)35/h6-11,18,36H,4-5,12-17,19H2,1-3H3,(H,34,35). The van der Waals surface area contributed by atoms with Crippen LogP contribution in [0.25, 0.3) is 10.8 Å². The number of phenols is 1. The number of carboxylic acid groups (broad SMARTS) is 1. The maximum Gasteiger partial charge on any atom is 0.341 e. The number of Topliss-reactive ketones (excluding diaryl/α,β-unsaturated/α-hetero) is 2. The molecule has 220 valence electrons. The van der Waals surface area contributed by atoms with Gasteiger partial charge in [-0.1, -0.05) is 19.4 Å². The number of benzene rings is 3. The highest BCUT2D eigenvalue weighted by Crippen LogP contribution is 2.34. The minimum absolute atomic E-state index is 0.0261. The number of carboxylic acids is 1. The van der Waals surface area contributed by atoms with Crippen LogP contribution in [0.4, 0.5) is 0 Å². The summed E-state index contributed by atoms with van der Waals surface area (Å²) in [6, 6.07) is 11.8. The van der Waals surface area contributed by atoms with E-state index < -0.39 is 12.6 Å².